The Balaban J connectivity index is 1.23. The summed E-state index contributed by atoms with van der Waals surface area (Å²) in [4.78, 5) is 14.3. The van der Waals surface area contributed by atoms with Gasteiger partial charge >= 0.3 is 6.09 Å². The lowest BCUT2D eigenvalue weighted by molar-refractivity contribution is 0.00252. The van der Waals surface area contributed by atoms with Gasteiger partial charge in [0.25, 0.3) is 0 Å². The number of rotatable bonds is 6. The number of benzene rings is 1. The van der Waals surface area contributed by atoms with Crippen molar-refractivity contribution in [1.29, 1.82) is 0 Å². The average molecular weight is 404 g/mol. The highest BCUT2D eigenvalue weighted by Gasteiger charge is 2.49. The molecule has 1 saturated carbocycles. The fraction of sp³-hybridized carbons (Fsp3) is 0.682. The lowest BCUT2D eigenvalue weighted by atomic mass is 9.96. The normalized spacial score (nSPS) is 29.4. The molecule has 3 fully saturated rings. The number of anilines is 1. The van der Waals surface area contributed by atoms with Crippen LogP contribution in [0.1, 0.15) is 37.7 Å². The summed E-state index contributed by atoms with van der Waals surface area (Å²) in [6.07, 6.45) is 4.74. The van der Waals surface area contributed by atoms with E-state index >= 15 is 0 Å². The maximum Gasteiger partial charge on any atom is 0.407 e. The maximum absolute atomic E-state index is 12.3. The number of hydrogen-bond acceptors (Lipinski definition) is 6. The van der Waals surface area contributed by atoms with E-state index in [2.05, 4.69) is 39.8 Å². The Hall–Kier alpha value is -1.83. The van der Waals surface area contributed by atoms with E-state index in [4.69, 9.17) is 14.2 Å². The Morgan fingerprint density at radius 2 is 1.79 bits per heavy atom. The molecule has 0 unspecified atom stereocenters. The molecular weight excluding hydrogens is 370 g/mol. The minimum absolute atomic E-state index is 0.0801. The van der Waals surface area contributed by atoms with Gasteiger partial charge in [0.15, 0.2) is 6.10 Å². The van der Waals surface area contributed by atoms with Crippen molar-refractivity contribution in [1.82, 2.24) is 10.6 Å². The van der Waals surface area contributed by atoms with Crippen LogP contribution < -0.4 is 15.5 Å². The van der Waals surface area contributed by atoms with E-state index < -0.39 is 0 Å². The van der Waals surface area contributed by atoms with Gasteiger partial charge < -0.3 is 29.7 Å². The molecule has 1 aromatic carbocycles. The van der Waals surface area contributed by atoms with Crippen LogP contribution in [0.15, 0.2) is 24.3 Å². The third-order valence-electron chi connectivity index (χ3n) is 6.21. The summed E-state index contributed by atoms with van der Waals surface area (Å²) in [6, 6.07) is 8.84. The number of carbonyl (C=O) groups is 1. The van der Waals surface area contributed by atoms with Gasteiger partial charge in [0.2, 0.25) is 0 Å². The van der Waals surface area contributed by atoms with Crippen LogP contribution in [-0.4, -0.2) is 63.8 Å². The minimum Gasteiger partial charge on any atom is -0.441 e. The van der Waals surface area contributed by atoms with E-state index in [0.717, 1.165) is 19.4 Å². The predicted octanol–water partition coefficient (Wildman–Crippen LogP) is 2.44. The van der Waals surface area contributed by atoms with Crippen molar-refractivity contribution in [3.63, 3.8) is 0 Å². The van der Waals surface area contributed by atoms with Crippen molar-refractivity contribution in [2.45, 2.75) is 69.0 Å². The number of fused-ring (bicyclic) bond motifs is 1. The van der Waals surface area contributed by atoms with Gasteiger partial charge in [0, 0.05) is 32.4 Å². The summed E-state index contributed by atoms with van der Waals surface area (Å²) in [7, 11) is 4.07. The molecule has 2 N–H and O–H groups in total. The molecule has 7 nitrogen and oxygen atoms in total. The Bertz CT molecular complexity index is 675. The molecule has 0 radical (unpaired) electrons. The third kappa shape index (κ3) is 5.02. The molecule has 1 amide bonds. The van der Waals surface area contributed by atoms with Crippen molar-refractivity contribution >= 4 is 11.8 Å². The van der Waals surface area contributed by atoms with Crippen LogP contribution in [0.4, 0.5) is 10.5 Å². The largest absolute Gasteiger partial charge is 0.441 e. The summed E-state index contributed by atoms with van der Waals surface area (Å²) in [6.45, 7) is 1.71. The fourth-order valence-electron chi connectivity index (χ4n) is 4.49. The summed E-state index contributed by atoms with van der Waals surface area (Å²) in [5, 5.41) is 6.54. The molecule has 0 bridgehead atoms. The van der Waals surface area contributed by atoms with Crippen molar-refractivity contribution in [3.8, 4) is 0 Å². The zero-order valence-electron chi connectivity index (χ0n) is 17.4. The summed E-state index contributed by atoms with van der Waals surface area (Å²) in [5.74, 6) is 0. The first-order chi connectivity index (χ1) is 14.1. The Morgan fingerprint density at radius 3 is 2.52 bits per heavy atom. The molecule has 1 aromatic rings. The summed E-state index contributed by atoms with van der Waals surface area (Å²) in [5.41, 5.74) is 2.40. The van der Waals surface area contributed by atoms with E-state index in [1.165, 1.54) is 30.5 Å². The molecule has 4 rings (SSSR count). The molecule has 0 aromatic heterocycles. The van der Waals surface area contributed by atoms with E-state index in [0.29, 0.717) is 13.2 Å². The molecule has 0 spiro atoms. The molecule has 160 valence electrons. The maximum atomic E-state index is 12.3. The standard InChI is InChI=1S/C22H33N3O4/c1-25(2)17-10-8-15(9-11-17)12-23-18-13-27-21-19(14-28-20(18)21)29-22(26)24-16-6-4-3-5-7-16/h8-11,16,18-21,23H,3-7,12-14H2,1-2H3,(H,24,26)/t18-,19+,20+,21+/m0/s1. The van der Waals surface area contributed by atoms with E-state index in [9.17, 15) is 4.79 Å². The number of hydrogen-bond donors (Lipinski definition) is 2. The molecular formula is C22H33N3O4. The molecule has 4 atom stereocenters. The van der Waals surface area contributed by atoms with Gasteiger partial charge in [-0.25, -0.2) is 4.79 Å². The van der Waals surface area contributed by atoms with Crippen molar-refractivity contribution in [3.05, 3.63) is 29.8 Å². The second-order valence-electron chi connectivity index (χ2n) is 8.57. The fourth-order valence-corrected chi connectivity index (χ4v) is 4.49. The van der Waals surface area contributed by atoms with Crippen LogP contribution in [0, 0.1) is 0 Å². The van der Waals surface area contributed by atoms with Crippen LogP contribution in [0.5, 0.6) is 0 Å². The van der Waals surface area contributed by atoms with Crippen molar-refractivity contribution in [2.24, 2.45) is 0 Å². The summed E-state index contributed by atoms with van der Waals surface area (Å²) < 4.78 is 17.5. The number of nitrogens with one attached hydrogen (secondary N) is 2. The van der Waals surface area contributed by atoms with Crippen LogP contribution in [0.2, 0.25) is 0 Å². The number of alkyl carbamates (subject to hydrolysis) is 1. The van der Waals surface area contributed by atoms with E-state index in [-0.39, 0.29) is 36.5 Å². The van der Waals surface area contributed by atoms with E-state index in [1.54, 1.807) is 0 Å². The zero-order chi connectivity index (χ0) is 20.2. The van der Waals surface area contributed by atoms with Gasteiger partial charge in [-0.1, -0.05) is 31.4 Å². The first kappa shape index (κ1) is 20.4. The van der Waals surface area contributed by atoms with Crippen LogP contribution in [0.3, 0.4) is 0 Å². The number of carbonyl (C=O) groups excluding carboxylic acids is 1. The minimum atomic E-state index is -0.341. The van der Waals surface area contributed by atoms with Crippen LogP contribution in [-0.2, 0) is 20.8 Å². The average Bonchev–Trinajstić information content (AvgIpc) is 3.30. The van der Waals surface area contributed by atoms with Crippen LogP contribution in [0.25, 0.3) is 0 Å². The first-order valence-electron chi connectivity index (χ1n) is 10.8. The van der Waals surface area contributed by atoms with Crippen molar-refractivity contribution in [2.75, 3.05) is 32.2 Å². The Morgan fingerprint density at radius 1 is 1.07 bits per heavy atom. The van der Waals surface area contributed by atoms with Crippen LogP contribution >= 0.6 is 0 Å². The monoisotopic (exact) mass is 403 g/mol. The number of ether oxygens (including phenoxy) is 3. The van der Waals surface area contributed by atoms with Gasteiger partial charge in [-0.05, 0) is 30.5 Å². The number of amides is 1. The highest BCUT2D eigenvalue weighted by Crippen LogP contribution is 2.29. The molecule has 29 heavy (non-hydrogen) atoms. The molecule has 7 heteroatoms. The van der Waals surface area contributed by atoms with Gasteiger partial charge in [-0.3, -0.25) is 0 Å². The quantitative estimate of drug-likeness (QED) is 0.760. The molecule has 2 aliphatic heterocycles. The van der Waals surface area contributed by atoms with Gasteiger partial charge in [0.05, 0.1) is 19.3 Å². The smallest absolute Gasteiger partial charge is 0.407 e. The van der Waals surface area contributed by atoms with Gasteiger partial charge in [-0.2, -0.15) is 0 Å². The van der Waals surface area contributed by atoms with E-state index in [1.807, 2.05) is 14.1 Å². The number of nitrogens with zero attached hydrogens (tertiary/aromatic N) is 1. The molecule has 1 aliphatic carbocycles. The Labute approximate surface area is 173 Å². The zero-order valence-corrected chi connectivity index (χ0v) is 17.4. The molecule has 2 heterocycles. The second kappa shape index (κ2) is 9.32. The predicted molar refractivity (Wildman–Crippen MR) is 111 cm³/mol. The first-order valence-corrected chi connectivity index (χ1v) is 10.8. The Kier molecular flexibility index (Phi) is 6.57. The van der Waals surface area contributed by atoms with Gasteiger partial charge in [-0.15, -0.1) is 0 Å². The highest BCUT2D eigenvalue weighted by atomic mass is 16.6. The topological polar surface area (TPSA) is 72.1 Å². The third-order valence-corrected chi connectivity index (χ3v) is 6.21. The molecule has 3 aliphatic rings. The second-order valence-corrected chi connectivity index (χ2v) is 8.57. The SMILES string of the molecule is CN(C)c1ccc(CN[C@H]2CO[C@H]3[C@@H]2OC[C@H]3OC(=O)NC2CCCCC2)cc1. The van der Waals surface area contributed by atoms with Crippen molar-refractivity contribution < 1.29 is 19.0 Å². The van der Waals surface area contributed by atoms with Gasteiger partial charge in [0.1, 0.15) is 12.2 Å². The lowest BCUT2D eigenvalue weighted by Crippen LogP contribution is -2.43. The lowest BCUT2D eigenvalue weighted by Gasteiger charge is -2.24. The highest BCUT2D eigenvalue weighted by molar-refractivity contribution is 5.68. The summed E-state index contributed by atoms with van der Waals surface area (Å²) >= 11 is 0. The molecule has 2 saturated heterocycles.